The number of rotatable bonds is 5. The lowest BCUT2D eigenvalue weighted by Gasteiger charge is -2.33. The highest BCUT2D eigenvalue weighted by Gasteiger charge is 2.27. The van der Waals surface area contributed by atoms with E-state index in [1.807, 2.05) is 6.92 Å². The van der Waals surface area contributed by atoms with E-state index in [1.54, 1.807) is 0 Å². The third-order valence-electron chi connectivity index (χ3n) is 2.86. The van der Waals surface area contributed by atoms with Crippen LogP contribution in [0.2, 0.25) is 0 Å². The topological polar surface area (TPSA) is 49.4 Å². The maximum absolute atomic E-state index is 11.3. The van der Waals surface area contributed by atoms with Crippen molar-refractivity contribution in [3.63, 3.8) is 0 Å². The van der Waals surface area contributed by atoms with Gasteiger partial charge in [0.15, 0.2) is 9.84 Å². The van der Waals surface area contributed by atoms with E-state index in [4.69, 9.17) is 0 Å². The molecule has 0 radical (unpaired) electrons. The lowest BCUT2D eigenvalue weighted by atomic mass is 10.3. The van der Waals surface area contributed by atoms with Crippen molar-refractivity contribution in [3.8, 4) is 0 Å². The van der Waals surface area contributed by atoms with E-state index in [0.717, 1.165) is 26.1 Å². The first-order valence-electron chi connectivity index (χ1n) is 5.70. The zero-order valence-corrected chi connectivity index (χ0v) is 10.5. The van der Waals surface area contributed by atoms with E-state index in [2.05, 4.69) is 17.1 Å². The van der Waals surface area contributed by atoms with E-state index in [9.17, 15) is 8.42 Å². The van der Waals surface area contributed by atoms with Crippen LogP contribution in [0.1, 0.15) is 20.3 Å². The van der Waals surface area contributed by atoms with Gasteiger partial charge in [0, 0.05) is 12.6 Å². The van der Waals surface area contributed by atoms with E-state index >= 15 is 0 Å². The molecule has 0 spiro atoms. The highest BCUT2D eigenvalue weighted by molar-refractivity contribution is 7.91. The van der Waals surface area contributed by atoms with Crippen LogP contribution in [0.15, 0.2) is 0 Å². The van der Waals surface area contributed by atoms with E-state index in [-0.39, 0.29) is 6.04 Å². The molecule has 0 saturated carbocycles. The Labute approximate surface area is 93.0 Å². The SMILES string of the molecule is CCNCCCN1CCS(=O)(=O)CC1C. The summed E-state index contributed by atoms with van der Waals surface area (Å²) in [5.74, 6) is 0.659. The van der Waals surface area contributed by atoms with Crippen molar-refractivity contribution in [2.24, 2.45) is 0 Å². The van der Waals surface area contributed by atoms with Crippen molar-refractivity contribution in [2.75, 3.05) is 37.7 Å². The zero-order valence-electron chi connectivity index (χ0n) is 9.70. The van der Waals surface area contributed by atoms with Crippen LogP contribution in [0.3, 0.4) is 0 Å². The minimum Gasteiger partial charge on any atom is -0.317 e. The first-order chi connectivity index (χ1) is 7.05. The van der Waals surface area contributed by atoms with Gasteiger partial charge in [0.2, 0.25) is 0 Å². The fourth-order valence-electron chi connectivity index (χ4n) is 1.95. The Hall–Kier alpha value is -0.130. The largest absolute Gasteiger partial charge is 0.317 e. The summed E-state index contributed by atoms with van der Waals surface area (Å²) in [6.45, 7) is 7.83. The molecule has 0 aromatic heterocycles. The maximum atomic E-state index is 11.3. The van der Waals surface area contributed by atoms with Crippen LogP contribution in [0.4, 0.5) is 0 Å². The molecule has 0 bridgehead atoms. The summed E-state index contributed by atoms with van der Waals surface area (Å²) >= 11 is 0. The Bertz CT molecular complexity index is 277. The standard InChI is InChI=1S/C10H22N2O2S/c1-3-11-5-4-6-12-7-8-15(13,14)9-10(12)2/h10-11H,3-9H2,1-2H3. The minimum absolute atomic E-state index is 0.186. The third kappa shape index (κ3) is 4.49. The first kappa shape index (κ1) is 12.9. The molecule has 0 amide bonds. The molecule has 1 N–H and O–H groups in total. The smallest absolute Gasteiger partial charge is 0.153 e. The Morgan fingerprint density at radius 1 is 1.47 bits per heavy atom. The summed E-state index contributed by atoms with van der Waals surface area (Å²) in [6, 6.07) is 0.186. The highest BCUT2D eigenvalue weighted by atomic mass is 32.2. The third-order valence-corrected chi connectivity index (χ3v) is 4.65. The number of nitrogens with one attached hydrogen (secondary N) is 1. The van der Waals surface area contributed by atoms with Crippen molar-refractivity contribution in [3.05, 3.63) is 0 Å². The normalized spacial score (nSPS) is 26.7. The molecule has 1 atom stereocenters. The van der Waals surface area contributed by atoms with Crippen molar-refractivity contribution in [1.29, 1.82) is 0 Å². The quantitative estimate of drug-likeness (QED) is 0.686. The molecule has 1 aliphatic heterocycles. The Morgan fingerprint density at radius 2 is 2.20 bits per heavy atom. The molecule has 1 rings (SSSR count). The Kier molecular flexibility index (Phi) is 5.02. The summed E-state index contributed by atoms with van der Waals surface area (Å²) in [4.78, 5) is 2.28. The second-order valence-corrected chi connectivity index (χ2v) is 6.44. The Balaban J connectivity index is 2.26. The van der Waals surface area contributed by atoms with Gasteiger partial charge in [-0.1, -0.05) is 6.92 Å². The molecular formula is C10H22N2O2S. The number of hydrogen-bond donors (Lipinski definition) is 1. The summed E-state index contributed by atoms with van der Waals surface area (Å²) in [5.41, 5.74) is 0. The first-order valence-corrected chi connectivity index (χ1v) is 7.52. The Morgan fingerprint density at radius 3 is 2.80 bits per heavy atom. The molecule has 15 heavy (non-hydrogen) atoms. The zero-order chi connectivity index (χ0) is 11.3. The second kappa shape index (κ2) is 5.82. The lowest BCUT2D eigenvalue weighted by molar-refractivity contribution is 0.223. The number of hydrogen-bond acceptors (Lipinski definition) is 4. The predicted octanol–water partition coefficient (Wildman–Crippen LogP) is 0.105. The molecule has 1 aliphatic rings. The van der Waals surface area contributed by atoms with E-state index in [0.29, 0.717) is 18.1 Å². The van der Waals surface area contributed by atoms with Crippen LogP contribution in [0.5, 0.6) is 0 Å². The van der Waals surface area contributed by atoms with Gasteiger partial charge in [-0.2, -0.15) is 0 Å². The van der Waals surface area contributed by atoms with Gasteiger partial charge in [0.05, 0.1) is 11.5 Å². The average Bonchev–Trinajstić information content (AvgIpc) is 2.14. The van der Waals surface area contributed by atoms with Gasteiger partial charge in [0.25, 0.3) is 0 Å². The molecule has 0 aromatic carbocycles. The molecule has 5 heteroatoms. The van der Waals surface area contributed by atoms with Gasteiger partial charge < -0.3 is 5.32 Å². The minimum atomic E-state index is -2.76. The second-order valence-electron chi connectivity index (χ2n) is 4.21. The van der Waals surface area contributed by atoms with Crippen LogP contribution in [-0.4, -0.2) is 57.0 Å². The van der Waals surface area contributed by atoms with Crippen LogP contribution < -0.4 is 5.32 Å². The van der Waals surface area contributed by atoms with Gasteiger partial charge in [0.1, 0.15) is 0 Å². The lowest BCUT2D eigenvalue weighted by Crippen LogP contribution is -2.47. The summed E-state index contributed by atoms with van der Waals surface area (Å²) in [6.07, 6.45) is 1.10. The number of nitrogens with zero attached hydrogens (tertiary/aromatic N) is 1. The molecule has 1 unspecified atom stereocenters. The fourth-order valence-corrected chi connectivity index (χ4v) is 3.57. The van der Waals surface area contributed by atoms with Crippen LogP contribution >= 0.6 is 0 Å². The predicted molar refractivity (Wildman–Crippen MR) is 62.8 cm³/mol. The molecular weight excluding hydrogens is 212 g/mol. The molecule has 90 valence electrons. The van der Waals surface area contributed by atoms with Crippen LogP contribution in [0, 0.1) is 0 Å². The van der Waals surface area contributed by atoms with Crippen molar-refractivity contribution in [1.82, 2.24) is 10.2 Å². The van der Waals surface area contributed by atoms with Gasteiger partial charge in [-0.25, -0.2) is 8.42 Å². The maximum Gasteiger partial charge on any atom is 0.153 e. The molecule has 1 fully saturated rings. The van der Waals surface area contributed by atoms with E-state index in [1.165, 1.54) is 0 Å². The highest BCUT2D eigenvalue weighted by Crippen LogP contribution is 2.11. The molecule has 1 saturated heterocycles. The molecule has 0 aliphatic carbocycles. The fraction of sp³-hybridized carbons (Fsp3) is 1.00. The molecule has 0 aromatic rings. The van der Waals surface area contributed by atoms with Gasteiger partial charge in [-0.3, -0.25) is 4.90 Å². The van der Waals surface area contributed by atoms with Crippen LogP contribution in [-0.2, 0) is 9.84 Å². The van der Waals surface area contributed by atoms with Crippen LogP contribution in [0.25, 0.3) is 0 Å². The van der Waals surface area contributed by atoms with Crippen molar-refractivity contribution in [2.45, 2.75) is 26.3 Å². The van der Waals surface area contributed by atoms with Crippen molar-refractivity contribution < 1.29 is 8.42 Å². The summed E-state index contributed by atoms with van der Waals surface area (Å²) < 4.78 is 22.7. The van der Waals surface area contributed by atoms with Gasteiger partial charge >= 0.3 is 0 Å². The molecule has 4 nitrogen and oxygen atoms in total. The van der Waals surface area contributed by atoms with Gasteiger partial charge in [-0.05, 0) is 33.0 Å². The van der Waals surface area contributed by atoms with Gasteiger partial charge in [-0.15, -0.1) is 0 Å². The number of sulfone groups is 1. The monoisotopic (exact) mass is 234 g/mol. The van der Waals surface area contributed by atoms with E-state index < -0.39 is 9.84 Å². The van der Waals surface area contributed by atoms with Crippen molar-refractivity contribution >= 4 is 9.84 Å². The molecule has 1 heterocycles. The summed E-state index contributed by atoms with van der Waals surface area (Å²) in [5, 5.41) is 3.27. The average molecular weight is 234 g/mol. The summed E-state index contributed by atoms with van der Waals surface area (Å²) in [7, 11) is -2.76.